The summed E-state index contributed by atoms with van der Waals surface area (Å²) in [6, 6.07) is 10.7. The molecule has 7 nitrogen and oxygen atoms in total. The molecule has 1 saturated heterocycles. The number of nitrogens with zero attached hydrogens (tertiary/aromatic N) is 4. The Kier molecular flexibility index (Phi) is 6.72. The molecule has 2 amide bonds. The molecule has 1 aromatic carbocycles. The van der Waals surface area contributed by atoms with Gasteiger partial charge in [0.25, 0.3) is 0 Å². The average molecular weight is 468 g/mol. The highest BCUT2D eigenvalue weighted by Gasteiger charge is 2.39. The first-order chi connectivity index (χ1) is 16.2. The number of carbonyl (C=O) groups excluding carboxylic acids is 2. The van der Waals surface area contributed by atoms with E-state index in [0.717, 1.165) is 5.69 Å². The molecule has 0 radical (unpaired) electrons. The zero-order chi connectivity index (χ0) is 24.4. The summed E-state index contributed by atoms with van der Waals surface area (Å²) in [5.74, 6) is -1.55. The van der Waals surface area contributed by atoms with Crippen molar-refractivity contribution in [3.63, 3.8) is 0 Å². The van der Waals surface area contributed by atoms with Gasteiger partial charge in [-0.05, 0) is 35.7 Å². The highest BCUT2D eigenvalue weighted by molar-refractivity contribution is 5.88. The lowest BCUT2D eigenvalue weighted by molar-refractivity contribution is -0.137. The van der Waals surface area contributed by atoms with Crippen molar-refractivity contribution < 1.29 is 18.4 Å². The number of pyridine rings is 1. The molecule has 178 valence electrons. The molecule has 34 heavy (non-hydrogen) atoms. The van der Waals surface area contributed by atoms with E-state index in [1.165, 1.54) is 11.8 Å². The van der Waals surface area contributed by atoms with Gasteiger partial charge in [-0.25, -0.2) is 14.1 Å². The Labute approximate surface area is 196 Å². The number of nitrogens with one attached hydrogen (secondary N) is 1. The summed E-state index contributed by atoms with van der Waals surface area (Å²) in [7, 11) is 0. The maximum atomic E-state index is 14.8. The third-order valence-electron chi connectivity index (χ3n) is 6.03. The molecule has 3 atom stereocenters. The van der Waals surface area contributed by atoms with Crippen LogP contribution < -0.4 is 5.32 Å². The number of rotatable bonds is 6. The summed E-state index contributed by atoms with van der Waals surface area (Å²) in [5, 5.41) is 7.12. The Balaban J connectivity index is 1.72. The lowest BCUT2D eigenvalue weighted by Gasteiger charge is -2.26. The fraction of sp³-hybridized carbons (Fsp3) is 0.360. The van der Waals surface area contributed by atoms with Gasteiger partial charge in [0.15, 0.2) is 0 Å². The van der Waals surface area contributed by atoms with Crippen LogP contribution in [0.2, 0.25) is 0 Å². The number of amides is 2. The van der Waals surface area contributed by atoms with Crippen LogP contribution >= 0.6 is 0 Å². The molecule has 3 aromatic rings. The summed E-state index contributed by atoms with van der Waals surface area (Å²) >= 11 is 0. The number of carbonyl (C=O) groups is 2. The lowest BCUT2D eigenvalue weighted by atomic mass is 9.99. The van der Waals surface area contributed by atoms with Gasteiger partial charge in [0.1, 0.15) is 12.2 Å². The molecular formula is C25H27F2N5O2. The first-order valence-electron chi connectivity index (χ1n) is 11.2. The van der Waals surface area contributed by atoms with Crippen molar-refractivity contribution in [3.8, 4) is 5.69 Å². The summed E-state index contributed by atoms with van der Waals surface area (Å²) in [6.07, 6.45) is 2.07. The van der Waals surface area contributed by atoms with Gasteiger partial charge in [-0.2, -0.15) is 9.49 Å². The second-order valence-corrected chi connectivity index (χ2v) is 8.78. The van der Waals surface area contributed by atoms with E-state index in [1.54, 1.807) is 47.4 Å². The van der Waals surface area contributed by atoms with E-state index < -0.39 is 30.1 Å². The third-order valence-corrected chi connectivity index (χ3v) is 6.03. The van der Waals surface area contributed by atoms with Gasteiger partial charge >= 0.3 is 0 Å². The number of halogens is 2. The predicted molar refractivity (Wildman–Crippen MR) is 123 cm³/mol. The van der Waals surface area contributed by atoms with E-state index in [1.807, 2.05) is 26.0 Å². The summed E-state index contributed by atoms with van der Waals surface area (Å²) in [5.41, 5.74) is 2.17. The minimum atomic E-state index is -1.28. The van der Waals surface area contributed by atoms with Gasteiger partial charge < -0.3 is 10.2 Å². The highest BCUT2D eigenvalue weighted by atomic mass is 19.1. The number of hydrogen-bond acceptors (Lipinski definition) is 4. The maximum Gasteiger partial charge on any atom is 0.243 e. The van der Waals surface area contributed by atoms with Gasteiger partial charge in [-0.3, -0.25) is 9.59 Å². The smallest absolute Gasteiger partial charge is 0.243 e. The summed E-state index contributed by atoms with van der Waals surface area (Å²) < 4.78 is 30.5. The number of alkyl halides is 1. The van der Waals surface area contributed by atoms with Gasteiger partial charge in [-0.1, -0.05) is 32.0 Å². The molecule has 0 saturated carbocycles. The molecule has 4 rings (SSSR count). The van der Waals surface area contributed by atoms with Gasteiger partial charge in [-0.15, -0.1) is 0 Å². The molecule has 3 heterocycles. The van der Waals surface area contributed by atoms with Crippen molar-refractivity contribution >= 4 is 11.8 Å². The van der Waals surface area contributed by atoms with Crippen LogP contribution in [0.25, 0.3) is 5.69 Å². The minimum absolute atomic E-state index is 0.0539. The topological polar surface area (TPSA) is 80.1 Å². The fourth-order valence-electron chi connectivity index (χ4n) is 4.27. The zero-order valence-corrected chi connectivity index (χ0v) is 19.3. The van der Waals surface area contributed by atoms with Gasteiger partial charge in [0, 0.05) is 31.3 Å². The average Bonchev–Trinajstić information content (AvgIpc) is 3.47. The van der Waals surface area contributed by atoms with Crippen molar-refractivity contribution in [1.29, 1.82) is 0 Å². The first kappa shape index (κ1) is 23.5. The van der Waals surface area contributed by atoms with Crippen LogP contribution in [0.4, 0.5) is 8.78 Å². The Morgan fingerprint density at radius 1 is 1.18 bits per heavy atom. The maximum absolute atomic E-state index is 14.8. The molecule has 1 aliphatic heterocycles. The molecule has 0 spiro atoms. The highest BCUT2D eigenvalue weighted by Crippen LogP contribution is 2.27. The first-order valence-corrected chi connectivity index (χ1v) is 11.2. The van der Waals surface area contributed by atoms with E-state index in [0.29, 0.717) is 16.8 Å². The van der Waals surface area contributed by atoms with Crippen LogP contribution in [-0.4, -0.2) is 50.2 Å². The van der Waals surface area contributed by atoms with E-state index in [2.05, 4.69) is 15.4 Å². The molecule has 2 aromatic heterocycles. The lowest BCUT2D eigenvalue weighted by Crippen LogP contribution is -2.46. The Bertz CT molecular complexity index is 1180. The molecule has 9 heteroatoms. The van der Waals surface area contributed by atoms with E-state index in [-0.39, 0.29) is 24.8 Å². The zero-order valence-electron chi connectivity index (χ0n) is 19.3. The van der Waals surface area contributed by atoms with Crippen LogP contribution in [0.3, 0.4) is 0 Å². The van der Waals surface area contributed by atoms with E-state index in [4.69, 9.17) is 0 Å². The van der Waals surface area contributed by atoms with Crippen molar-refractivity contribution in [2.45, 2.75) is 51.4 Å². The van der Waals surface area contributed by atoms with Gasteiger partial charge in [0.2, 0.25) is 17.8 Å². The van der Waals surface area contributed by atoms with Gasteiger partial charge in [0.05, 0.1) is 24.0 Å². The Hall–Kier alpha value is -3.62. The number of benzene rings is 1. The predicted octanol–water partition coefficient (Wildman–Crippen LogP) is 3.69. The molecule has 1 N–H and O–H groups in total. The standard InChI is InChI=1S/C25H27F2N5O2/c1-15(2)20-8-9-21(29-24(20)27)23(17-6-4-7-19(12-17)32-11-5-10-28-32)30-25(34)22-13-18(26)14-31(22)16(3)33/h4-12,15,18,22-23H,13-14H2,1-3H3,(H,30,34)/t18-,22+,23+/m1/s1. The van der Waals surface area contributed by atoms with Crippen molar-refractivity contribution in [2.24, 2.45) is 0 Å². The molecule has 1 fully saturated rings. The van der Waals surface area contributed by atoms with Crippen LogP contribution in [0.15, 0.2) is 54.9 Å². The molecule has 0 bridgehead atoms. The molecule has 1 aliphatic rings. The van der Waals surface area contributed by atoms with Crippen molar-refractivity contribution in [3.05, 3.63) is 77.6 Å². The van der Waals surface area contributed by atoms with Crippen LogP contribution in [0.5, 0.6) is 0 Å². The van der Waals surface area contributed by atoms with E-state index in [9.17, 15) is 18.4 Å². The quantitative estimate of drug-likeness (QED) is 0.561. The molecule has 0 aliphatic carbocycles. The second-order valence-electron chi connectivity index (χ2n) is 8.78. The fourth-order valence-corrected chi connectivity index (χ4v) is 4.27. The normalized spacial score (nSPS) is 18.8. The number of aromatic nitrogens is 3. The number of likely N-dealkylation sites (tertiary alicyclic amines) is 1. The Morgan fingerprint density at radius 3 is 2.62 bits per heavy atom. The monoisotopic (exact) mass is 467 g/mol. The van der Waals surface area contributed by atoms with Crippen molar-refractivity contribution in [2.75, 3.05) is 6.54 Å². The minimum Gasteiger partial charge on any atom is -0.342 e. The molecular weight excluding hydrogens is 440 g/mol. The third kappa shape index (κ3) is 4.83. The summed E-state index contributed by atoms with van der Waals surface area (Å²) in [6.45, 7) is 4.93. The van der Waals surface area contributed by atoms with Crippen molar-refractivity contribution in [1.82, 2.24) is 25.0 Å². The molecule has 0 unspecified atom stereocenters. The van der Waals surface area contributed by atoms with E-state index >= 15 is 0 Å². The second kappa shape index (κ2) is 9.70. The largest absolute Gasteiger partial charge is 0.342 e. The SMILES string of the molecule is CC(=O)N1C[C@H](F)C[C@H]1C(=O)N[C@@H](c1cccc(-n2cccn2)c1)c1ccc(C(C)C)c(F)n1. The number of hydrogen-bond donors (Lipinski definition) is 1. The van der Waals surface area contributed by atoms with Crippen LogP contribution in [-0.2, 0) is 9.59 Å². The van der Waals surface area contributed by atoms with Crippen LogP contribution in [0.1, 0.15) is 56.0 Å². The van der Waals surface area contributed by atoms with Crippen LogP contribution in [0, 0.1) is 5.95 Å². The Morgan fingerprint density at radius 2 is 1.97 bits per heavy atom. The summed E-state index contributed by atoms with van der Waals surface area (Å²) in [4.78, 5) is 30.6.